The minimum Gasteiger partial charge on any atom is -0.357 e. The topological polar surface area (TPSA) is 24.9 Å². The van der Waals surface area contributed by atoms with Crippen LogP contribution in [-0.4, -0.2) is 11.5 Å². The summed E-state index contributed by atoms with van der Waals surface area (Å²) < 4.78 is 37.0. The van der Waals surface area contributed by atoms with Gasteiger partial charge in [-0.25, -0.2) is 4.98 Å². The van der Waals surface area contributed by atoms with Gasteiger partial charge in [-0.05, 0) is 0 Å². The maximum absolute atomic E-state index is 12.1. The molecule has 0 unspecified atom stereocenters. The van der Waals surface area contributed by atoms with Crippen molar-refractivity contribution in [2.75, 3.05) is 11.9 Å². The molecule has 0 atom stereocenters. The third kappa shape index (κ3) is 3.30. The number of hydrogen-bond donors (Lipinski definition) is 1. The zero-order valence-corrected chi connectivity index (χ0v) is 9.26. The fourth-order valence-corrected chi connectivity index (χ4v) is 1.48. The maximum Gasteiger partial charge on any atom is 0.427 e. The second-order valence-electron chi connectivity index (χ2n) is 2.40. The number of anilines is 1. The van der Waals surface area contributed by atoms with E-state index in [0.29, 0.717) is 22.4 Å². The van der Waals surface area contributed by atoms with Gasteiger partial charge in [0.2, 0.25) is 0 Å². The van der Waals surface area contributed by atoms with Crippen molar-refractivity contribution in [1.82, 2.24) is 4.98 Å². The number of thiazole rings is 1. The third-order valence-electron chi connectivity index (χ3n) is 1.22. The highest BCUT2D eigenvalue weighted by Gasteiger charge is 2.33. The van der Waals surface area contributed by atoms with E-state index in [0.717, 1.165) is 6.20 Å². The first-order valence-corrected chi connectivity index (χ1v) is 5.10. The van der Waals surface area contributed by atoms with Gasteiger partial charge in [-0.2, -0.15) is 13.2 Å². The van der Waals surface area contributed by atoms with Crippen molar-refractivity contribution in [3.05, 3.63) is 22.1 Å². The van der Waals surface area contributed by atoms with Crippen LogP contribution in [0.3, 0.4) is 0 Å². The molecule has 0 saturated heterocycles. The molecule has 78 valence electrons. The molecule has 0 spiro atoms. The normalized spacial score (nSPS) is 11.4. The van der Waals surface area contributed by atoms with E-state index in [2.05, 4.69) is 32.8 Å². The number of nitrogens with one attached hydrogen (secondary N) is 1. The van der Waals surface area contributed by atoms with Gasteiger partial charge in [-0.15, -0.1) is 0 Å². The number of nitrogens with zero attached hydrogens (tertiary/aromatic N) is 1. The zero-order chi connectivity index (χ0) is 10.8. The Morgan fingerprint density at radius 3 is 2.71 bits per heavy atom. The number of hydrogen-bond acceptors (Lipinski definition) is 3. The molecular weight excluding hydrogens is 281 g/mol. The summed E-state index contributed by atoms with van der Waals surface area (Å²) in [7, 11) is 0. The van der Waals surface area contributed by atoms with Crippen LogP contribution in [0, 0.1) is 0 Å². The first kappa shape index (κ1) is 11.5. The molecule has 0 aromatic carbocycles. The molecule has 0 radical (unpaired) electrons. The molecule has 0 amide bonds. The highest BCUT2D eigenvalue weighted by molar-refractivity contribution is 9.11. The highest BCUT2D eigenvalue weighted by Crippen LogP contribution is 2.34. The van der Waals surface area contributed by atoms with Crippen LogP contribution >= 0.6 is 27.3 Å². The smallest absolute Gasteiger partial charge is 0.357 e. The van der Waals surface area contributed by atoms with Crippen molar-refractivity contribution >= 4 is 32.4 Å². The van der Waals surface area contributed by atoms with Crippen LogP contribution in [0.2, 0.25) is 0 Å². The number of alkyl halides is 3. The summed E-state index contributed by atoms with van der Waals surface area (Å²) >= 11 is 3.65. The number of halogens is 4. The summed E-state index contributed by atoms with van der Waals surface area (Å²) in [4.78, 5) is 2.87. The van der Waals surface area contributed by atoms with Crippen molar-refractivity contribution in [2.45, 2.75) is 6.18 Å². The summed E-state index contributed by atoms with van der Waals surface area (Å²) in [6, 6.07) is 0. The zero-order valence-electron chi connectivity index (χ0n) is 6.86. The predicted molar refractivity (Wildman–Crippen MR) is 53.7 cm³/mol. The van der Waals surface area contributed by atoms with E-state index in [1.807, 2.05) is 0 Å². The van der Waals surface area contributed by atoms with Gasteiger partial charge in [0.25, 0.3) is 0 Å². The summed E-state index contributed by atoms with van der Waals surface area (Å²) in [5.41, 5.74) is 0. The van der Waals surface area contributed by atoms with Gasteiger partial charge >= 0.3 is 6.18 Å². The molecule has 0 aliphatic rings. The molecule has 1 aromatic heterocycles. The Balaban J connectivity index is 2.64. The minimum atomic E-state index is -4.32. The second-order valence-corrected chi connectivity index (χ2v) is 4.55. The Morgan fingerprint density at radius 2 is 2.29 bits per heavy atom. The lowest BCUT2D eigenvalue weighted by Gasteiger charge is -2.00. The Hall–Kier alpha value is -0.560. The van der Waals surface area contributed by atoms with Gasteiger partial charge in [-0.3, -0.25) is 0 Å². The van der Waals surface area contributed by atoms with Crippen LogP contribution < -0.4 is 5.32 Å². The van der Waals surface area contributed by atoms with Crippen molar-refractivity contribution < 1.29 is 13.2 Å². The lowest BCUT2D eigenvalue weighted by atomic mass is 10.5. The minimum absolute atomic E-state index is 0.234. The first-order chi connectivity index (χ1) is 6.39. The molecule has 0 bridgehead atoms. The van der Waals surface area contributed by atoms with Crippen LogP contribution in [0.4, 0.5) is 18.3 Å². The summed E-state index contributed by atoms with van der Waals surface area (Å²) in [6.07, 6.45) is -3.51. The molecule has 0 saturated carbocycles. The molecule has 0 aliphatic heterocycles. The van der Waals surface area contributed by atoms with Crippen molar-refractivity contribution in [3.8, 4) is 0 Å². The maximum atomic E-state index is 12.1. The fraction of sp³-hybridized carbons (Fsp3) is 0.286. The van der Waals surface area contributed by atoms with E-state index in [-0.39, 0.29) is 5.13 Å². The van der Waals surface area contributed by atoms with E-state index >= 15 is 0 Å². The van der Waals surface area contributed by atoms with Gasteiger partial charge in [-0.1, -0.05) is 33.8 Å². The van der Waals surface area contributed by atoms with Crippen LogP contribution in [0.15, 0.2) is 17.3 Å². The molecule has 7 heteroatoms. The van der Waals surface area contributed by atoms with Gasteiger partial charge < -0.3 is 5.32 Å². The quantitative estimate of drug-likeness (QED) is 0.920. The monoisotopic (exact) mass is 286 g/mol. The highest BCUT2D eigenvalue weighted by atomic mass is 79.9. The van der Waals surface area contributed by atoms with Gasteiger partial charge in [0.05, 0.1) is 6.20 Å². The van der Waals surface area contributed by atoms with Crippen LogP contribution in [-0.2, 0) is 6.18 Å². The SMILES string of the molecule is C=C(Br)CNc1ncc(C(F)(F)F)s1. The lowest BCUT2D eigenvalue weighted by Crippen LogP contribution is -2.01. The van der Waals surface area contributed by atoms with Gasteiger partial charge in [0.1, 0.15) is 4.88 Å². The Labute approximate surface area is 91.0 Å². The molecular formula is C7H6BrF3N2S. The lowest BCUT2D eigenvalue weighted by molar-refractivity contribution is -0.134. The first-order valence-electron chi connectivity index (χ1n) is 3.50. The molecule has 1 N–H and O–H groups in total. The molecule has 0 aliphatic carbocycles. The van der Waals surface area contributed by atoms with Crippen molar-refractivity contribution in [3.63, 3.8) is 0 Å². The molecule has 1 aromatic rings. The number of rotatable bonds is 3. The van der Waals surface area contributed by atoms with Crippen LogP contribution in [0.1, 0.15) is 4.88 Å². The fourth-order valence-electron chi connectivity index (χ4n) is 0.658. The molecule has 0 fully saturated rings. The average Bonchev–Trinajstić information content (AvgIpc) is 2.47. The summed E-state index contributed by atoms with van der Waals surface area (Å²) in [5.74, 6) is 0. The molecule has 14 heavy (non-hydrogen) atoms. The number of aromatic nitrogens is 1. The van der Waals surface area contributed by atoms with E-state index in [9.17, 15) is 13.2 Å². The Morgan fingerprint density at radius 1 is 1.64 bits per heavy atom. The predicted octanol–water partition coefficient (Wildman–Crippen LogP) is 3.48. The van der Waals surface area contributed by atoms with E-state index in [1.54, 1.807) is 0 Å². The van der Waals surface area contributed by atoms with Crippen molar-refractivity contribution in [1.29, 1.82) is 0 Å². The van der Waals surface area contributed by atoms with Crippen LogP contribution in [0.5, 0.6) is 0 Å². The van der Waals surface area contributed by atoms with E-state index < -0.39 is 11.1 Å². The Kier molecular flexibility index (Phi) is 3.54. The standard InChI is InChI=1S/C7H6BrF3N2S/c1-4(8)2-12-6-13-3-5(14-6)7(9,10)11/h3H,1-2H2,(H,12,13). The van der Waals surface area contributed by atoms with E-state index in [4.69, 9.17) is 0 Å². The largest absolute Gasteiger partial charge is 0.427 e. The Bertz CT molecular complexity index is 334. The average molecular weight is 287 g/mol. The summed E-state index contributed by atoms with van der Waals surface area (Å²) in [6.45, 7) is 3.89. The third-order valence-corrected chi connectivity index (χ3v) is 2.50. The molecule has 1 rings (SSSR count). The van der Waals surface area contributed by atoms with E-state index in [1.165, 1.54) is 0 Å². The second kappa shape index (κ2) is 4.31. The molecule has 1 heterocycles. The van der Waals surface area contributed by atoms with Gasteiger partial charge in [0.15, 0.2) is 5.13 Å². The summed E-state index contributed by atoms with van der Waals surface area (Å²) in [5, 5.41) is 2.93. The van der Waals surface area contributed by atoms with Crippen molar-refractivity contribution in [2.24, 2.45) is 0 Å². The van der Waals surface area contributed by atoms with Crippen LogP contribution in [0.25, 0.3) is 0 Å². The molecule has 2 nitrogen and oxygen atoms in total. The van der Waals surface area contributed by atoms with Gasteiger partial charge in [0, 0.05) is 11.0 Å².